The van der Waals surface area contributed by atoms with Crippen LogP contribution in [0.25, 0.3) is 0 Å². The summed E-state index contributed by atoms with van der Waals surface area (Å²) in [6.45, 7) is 5.46. The molecule has 1 N–H and O–H groups in total. The summed E-state index contributed by atoms with van der Waals surface area (Å²) in [5.41, 5.74) is 3.04. The van der Waals surface area contributed by atoms with Crippen molar-refractivity contribution in [2.45, 2.75) is 19.4 Å². The quantitative estimate of drug-likeness (QED) is 0.662. The van der Waals surface area contributed by atoms with Gasteiger partial charge in [-0.15, -0.1) is 0 Å². The first-order chi connectivity index (χ1) is 15.0. The monoisotopic (exact) mass is 428 g/mol. The van der Waals surface area contributed by atoms with Gasteiger partial charge in [-0.1, -0.05) is 18.2 Å². The largest absolute Gasteiger partial charge is 0.496 e. The number of benzene rings is 2. The van der Waals surface area contributed by atoms with Gasteiger partial charge in [0.15, 0.2) is 11.5 Å². The first-order valence-corrected chi connectivity index (χ1v) is 10.5. The number of methoxy groups -OCH3 is 3. The fourth-order valence-electron chi connectivity index (χ4n) is 3.84. The van der Waals surface area contributed by atoms with Gasteiger partial charge in [0.1, 0.15) is 5.75 Å². The molecule has 1 atom stereocenters. The molecular weight excluding hydrogens is 396 g/mol. The van der Waals surface area contributed by atoms with Gasteiger partial charge in [0.2, 0.25) is 5.91 Å². The molecule has 7 heteroatoms. The number of carbonyl (C=O) groups excluding carboxylic acids is 1. The average molecular weight is 429 g/mol. The smallest absolute Gasteiger partial charge is 0.224 e. The molecular formula is C24H32N2O5. The Bertz CT molecular complexity index is 880. The van der Waals surface area contributed by atoms with Crippen LogP contribution in [0.1, 0.15) is 22.7 Å². The van der Waals surface area contributed by atoms with Gasteiger partial charge < -0.3 is 24.3 Å². The number of morpholine rings is 1. The Labute approximate surface area is 184 Å². The molecule has 3 rings (SSSR count). The number of aryl methyl sites for hydroxylation is 1. The molecule has 1 aliphatic rings. The zero-order valence-corrected chi connectivity index (χ0v) is 18.8. The normalized spacial score (nSPS) is 15.2. The minimum absolute atomic E-state index is 0.0141. The number of carbonyl (C=O) groups is 1. The molecule has 0 saturated carbocycles. The fourth-order valence-corrected chi connectivity index (χ4v) is 3.84. The highest BCUT2D eigenvalue weighted by Crippen LogP contribution is 2.32. The third-order valence-electron chi connectivity index (χ3n) is 5.61. The second-order valence-electron chi connectivity index (χ2n) is 7.56. The third-order valence-corrected chi connectivity index (χ3v) is 5.61. The lowest BCUT2D eigenvalue weighted by atomic mass is 10.0. The van der Waals surface area contributed by atoms with Crippen molar-refractivity contribution in [3.63, 3.8) is 0 Å². The van der Waals surface area contributed by atoms with Gasteiger partial charge in [-0.25, -0.2) is 0 Å². The van der Waals surface area contributed by atoms with E-state index in [9.17, 15) is 4.79 Å². The topological polar surface area (TPSA) is 69.3 Å². The van der Waals surface area contributed by atoms with Crippen molar-refractivity contribution in [2.75, 3.05) is 54.2 Å². The molecule has 1 heterocycles. The van der Waals surface area contributed by atoms with Crippen molar-refractivity contribution < 1.29 is 23.7 Å². The van der Waals surface area contributed by atoms with Crippen molar-refractivity contribution in [3.05, 3.63) is 53.1 Å². The molecule has 168 valence electrons. The first-order valence-electron chi connectivity index (χ1n) is 10.5. The maximum Gasteiger partial charge on any atom is 0.224 e. The maximum atomic E-state index is 12.7. The van der Waals surface area contributed by atoms with Crippen LogP contribution in [0.15, 0.2) is 36.4 Å². The summed E-state index contributed by atoms with van der Waals surface area (Å²) in [7, 11) is 4.89. The predicted molar refractivity (Wildman–Crippen MR) is 119 cm³/mol. The van der Waals surface area contributed by atoms with Crippen LogP contribution in [0.5, 0.6) is 17.2 Å². The highest BCUT2D eigenvalue weighted by molar-refractivity contribution is 5.78. The summed E-state index contributed by atoms with van der Waals surface area (Å²) in [5.74, 6) is 2.13. The zero-order valence-electron chi connectivity index (χ0n) is 18.8. The number of rotatable bonds is 9. The van der Waals surface area contributed by atoms with Crippen LogP contribution in [0, 0.1) is 6.92 Å². The molecule has 1 amide bonds. The summed E-state index contributed by atoms with van der Waals surface area (Å²) in [5, 5.41) is 3.11. The number of hydrogen-bond acceptors (Lipinski definition) is 6. The van der Waals surface area contributed by atoms with Crippen molar-refractivity contribution in [1.82, 2.24) is 10.2 Å². The lowest BCUT2D eigenvalue weighted by Crippen LogP contribution is -2.44. The van der Waals surface area contributed by atoms with Gasteiger partial charge in [0.05, 0.1) is 47.0 Å². The Balaban J connectivity index is 1.72. The van der Waals surface area contributed by atoms with E-state index in [1.54, 1.807) is 21.3 Å². The molecule has 1 fully saturated rings. The van der Waals surface area contributed by atoms with Crippen LogP contribution in [-0.2, 0) is 16.0 Å². The minimum atomic E-state index is -0.0235. The summed E-state index contributed by atoms with van der Waals surface area (Å²) >= 11 is 0. The van der Waals surface area contributed by atoms with E-state index in [0.29, 0.717) is 37.7 Å². The summed E-state index contributed by atoms with van der Waals surface area (Å²) < 4.78 is 21.7. The van der Waals surface area contributed by atoms with Crippen molar-refractivity contribution in [2.24, 2.45) is 0 Å². The van der Waals surface area contributed by atoms with E-state index in [2.05, 4.69) is 10.2 Å². The van der Waals surface area contributed by atoms with Crippen LogP contribution >= 0.6 is 0 Å². The van der Waals surface area contributed by atoms with Gasteiger partial charge in [0, 0.05) is 19.6 Å². The maximum absolute atomic E-state index is 12.7. The molecule has 1 aliphatic heterocycles. The van der Waals surface area contributed by atoms with Gasteiger partial charge in [0.25, 0.3) is 0 Å². The van der Waals surface area contributed by atoms with Crippen LogP contribution < -0.4 is 19.5 Å². The van der Waals surface area contributed by atoms with Gasteiger partial charge >= 0.3 is 0 Å². The van der Waals surface area contributed by atoms with Crippen LogP contribution in [0.4, 0.5) is 0 Å². The second kappa shape index (κ2) is 11.0. The Morgan fingerprint density at radius 3 is 2.39 bits per heavy atom. The van der Waals surface area contributed by atoms with E-state index in [1.165, 1.54) is 0 Å². The molecule has 7 nitrogen and oxygen atoms in total. The standard InChI is InChI=1S/C24H32N2O5/c1-17-5-6-18(13-22(17)29-3)14-24(27)25-16-20(26-9-11-31-12-10-26)19-7-8-21(28-2)23(15-19)30-4/h5-8,13,15,20H,9-12,14,16H2,1-4H3,(H,25,27). The molecule has 0 aromatic heterocycles. The molecule has 0 radical (unpaired) electrons. The Morgan fingerprint density at radius 2 is 1.71 bits per heavy atom. The highest BCUT2D eigenvalue weighted by atomic mass is 16.5. The number of nitrogens with one attached hydrogen (secondary N) is 1. The minimum Gasteiger partial charge on any atom is -0.496 e. The Kier molecular flexibility index (Phi) is 8.14. The molecule has 31 heavy (non-hydrogen) atoms. The lowest BCUT2D eigenvalue weighted by Gasteiger charge is -2.35. The number of hydrogen-bond donors (Lipinski definition) is 1. The number of amides is 1. The fraction of sp³-hybridized carbons (Fsp3) is 0.458. The highest BCUT2D eigenvalue weighted by Gasteiger charge is 2.24. The SMILES string of the molecule is COc1cc(CC(=O)NCC(c2ccc(OC)c(OC)c2)N2CCOCC2)ccc1C. The molecule has 1 saturated heterocycles. The molecule has 0 bridgehead atoms. The van der Waals surface area contributed by atoms with E-state index in [4.69, 9.17) is 18.9 Å². The predicted octanol–water partition coefficient (Wildman–Crippen LogP) is 2.75. The summed E-state index contributed by atoms with van der Waals surface area (Å²) in [6.07, 6.45) is 0.304. The van der Waals surface area contributed by atoms with Gasteiger partial charge in [-0.2, -0.15) is 0 Å². The van der Waals surface area contributed by atoms with E-state index in [0.717, 1.165) is 35.5 Å². The number of ether oxygens (including phenoxy) is 4. The Morgan fingerprint density at radius 1 is 1.00 bits per heavy atom. The summed E-state index contributed by atoms with van der Waals surface area (Å²) in [4.78, 5) is 15.0. The summed E-state index contributed by atoms with van der Waals surface area (Å²) in [6, 6.07) is 11.8. The van der Waals surface area contributed by atoms with Crippen molar-refractivity contribution >= 4 is 5.91 Å². The molecule has 0 aliphatic carbocycles. The lowest BCUT2D eigenvalue weighted by molar-refractivity contribution is -0.120. The molecule has 0 spiro atoms. The Hall–Kier alpha value is -2.77. The number of nitrogens with zero attached hydrogens (tertiary/aromatic N) is 1. The van der Waals surface area contributed by atoms with Crippen LogP contribution in [0.3, 0.4) is 0 Å². The van der Waals surface area contributed by atoms with Gasteiger partial charge in [-0.05, 0) is 41.8 Å². The molecule has 2 aromatic rings. The zero-order chi connectivity index (χ0) is 22.2. The van der Waals surface area contributed by atoms with E-state index >= 15 is 0 Å². The van der Waals surface area contributed by atoms with Crippen molar-refractivity contribution in [3.8, 4) is 17.2 Å². The van der Waals surface area contributed by atoms with E-state index in [1.807, 2.05) is 43.3 Å². The van der Waals surface area contributed by atoms with E-state index < -0.39 is 0 Å². The van der Waals surface area contributed by atoms with E-state index in [-0.39, 0.29) is 11.9 Å². The van der Waals surface area contributed by atoms with Crippen LogP contribution in [-0.4, -0.2) is 65.0 Å². The molecule has 1 unspecified atom stereocenters. The van der Waals surface area contributed by atoms with Gasteiger partial charge in [-0.3, -0.25) is 9.69 Å². The molecule has 2 aromatic carbocycles. The second-order valence-corrected chi connectivity index (χ2v) is 7.56. The van der Waals surface area contributed by atoms with Crippen LogP contribution in [0.2, 0.25) is 0 Å². The van der Waals surface area contributed by atoms with Crippen molar-refractivity contribution in [1.29, 1.82) is 0 Å². The first kappa shape index (κ1) is 22.9. The third kappa shape index (κ3) is 5.89. The average Bonchev–Trinajstić information content (AvgIpc) is 2.81.